The van der Waals surface area contributed by atoms with Crippen LogP contribution < -0.4 is 5.32 Å². The summed E-state index contributed by atoms with van der Waals surface area (Å²) in [4.78, 5) is 11.7. The second kappa shape index (κ2) is 5.85. The number of rotatable bonds is 6. The molecule has 2 heteroatoms. The van der Waals surface area contributed by atoms with Crippen molar-refractivity contribution in [2.75, 3.05) is 6.54 Å². The van der Waals surface area contributed by atoms with Crippen LogP contribution in [0.5, 0.6) is 0 Å². The third-order valence-corrected chi connectivity index (χ3v) is 3.53. The van der Waals surface area contributed by atoms with Gasteiger partial charge in [0.15, 0.2) is 0 Å². The van der Waals surface area contributed by atoms with Crippen molar-refractivity contribution in [3.8, 4) is 0 Å². The lowest BCUT2D eigenvalue weighted by molar-refractivity contribution is -0.125. The fraction of sp³-hybridized carbons (Fsp3) is 0.533. The van der Waals surface area contributed by atoms with Crippen molar-refractivity contribution in [1.82, 2.24) is 5.32 Å². The zero-order chi connectivity index (χ0) is 12.1. The molecule has 1 aliphatic carbocycles. The van der Waals surface area contributed by atoms with Gasteiger partial charge in [-0.25, -0.2) is 0 Å². The molecule has 1 N–H and O–H groups in total. The SMILES string of the molecule is CC(C(=O)NCCCc1ccccc1)C1CC1. The number of carbonyl (C=O) groups is 1. The second-order valence-electron chi connectivity index (χ2n) is 5.01. The maximum atomic E-state index is 11.7. The van der Waals surface area contributed by atoms with Crippen molar-refractivity contribution in [3.63, 3.8) is 0 Å². The summed E-state index contributed by atoms with van der Waals surface area (Å²) in [5.41, 5.74) is 1.34. The molecule has 1 aromatic rings. The number of nitrogens with one attached hydrogen (secondary N) is 1. The van der Waals surface area contributed by atoms with Gasteiger partial charge in [-0.15, -0.1) is 0 Å². The molecule has 0 spiro atoms. The van der Waals surface area contributed by atoms with Crippen molar-refractivity contribution in [2.45, 2.75) is 32.6 Å². The number of hydrogen-bond donors (Lipinski definition) is 1. The van der Waals surface area contributed by atoms with Crippen molar-refractivity contribution < 1.29 is 4.79 Å². The highest BCUT2D eigenvalue weighted by Gasteiger charge is 2.32. The van der Waals surface area contributed by atoms with Gasteiger partial charge in [0, 0.05) is 12.5 Å². The molecule has 1 aliphatic rings. The van der Waals surface area contributed by atoms with E-state index >= 15 is 0 Å². The lowest BCUT2D eigenvalue weighted by Gasteiger charge is -2.10. The predicted octanol–water partition coefficient (Wildman–Crippen LogP) is 2.78. The highest BCUT2D eigenvalue weighted by molar-refractivity contribution is 5.78. The summed E-state index contributed by atoms with van der Waals surface area (Å²) < 4.78 is 0. The molecular formula is C15H21NO. The zero-order valence-electron chi connectivity index (χ0n) is 10.5. The molecule has 1 unspecified atom stereocenters. The quantitative estimate of drug-likeness (QED) is 0.749. The molecule has 0 radical (unpaired) electrons. The topological polar surface area (TPSA) is 29.1 Å². The Labute approximate surface area is 103 Å². The van der Waals surface area contributed by atoms with Crippen molar-refractivity contribution in [1.29, 1.82) is 0 Å². The van der Waals surface area contributed by atoms with E-state index in [1.807, 2.05) is 13.0 Å². The smallest absolute Gasteiger partial charge is 0.223 e. The molecule has 0 aromatic heterocycles. The monoisotopic (exact) mass is 231 g/mol. The molecule has 0 bridgehead atoms. The lowest BCUT2D eigenvalue weighted by Crippen LogP contribution is -2.31. The maximum absolute atomic E-state index is 11.7. The first-order chi connectivity index (χ1) is 8.27. The molecule has 92 valence electrons. The minimum atomic E-state index is 0.215. The van der Waals surface area contributed by atoms with Crippen LogP contribution in [0.15, 0.2) is 30.3 Å². The Hall–Kier alpha value is -1.31. The Morgan fingerprint density at radius 1 is 1.35 bits per heavy atom. The van der Waals surface area contributed by atoms with E-state index in [1.54, 1.807) is 0 Å². The average Bonchev–Trinajstić information content (AvgIpc) is 3.19. The molecule has 1 fully saturated rings. The second-order valence-corrected chi connectivity index (χ2v) is 5.01. The van der Waals surface area contributed by atoms with Crippen LogP contribution >= 0.6 is 0 Å². The number of carbonyl (C=O) groups excluding carboxylic acids is 1. The standard InChI is InChI=1S/C15H21NO/c1-12(14-9-10-14)15(17)16-11-5-8-13-6-3-2-4-7-13/h2-4,6-7,12,14H,5,8-11H2,1H3,(H,16,17). The summed E-state index contributed by atoms with van der Waals surface area (Å²) in [6, 6.07) is 10.4. The van der Waals surface area contributed by atoms with Gasteiger partial charge in [-0.05, 0) is 37.2 Å². The summed E-state index contributed by atoms with van der Waals surface area (Å²) in [6.45, 7) is 2.84. The highest BCUT2D eigenvalue weighted by atomic mass is 16.1. The Balaban J connectivity index is 1.61. The summed E-state index contributed by atoms with van der Waals surface area (Å²) in [7, 11) is 0. The average molecular weight is 231 g/mol. The van der Waals surface area contributed by atoms with Crippen LogP contribution in [0, 0.1) is 11.8 Å². The van der Waals surface area contributed by atoms with Crippen LogP contribution in [-0.4, -0.2) is 12.5 Å². The van der Waals surface area contributed by atoms with E-state index in [4.69, 9.17) is 0 Å². The number of hydrogen-bond acceptors (Lipinski definition) is 1. The van der Waals surface area contributed by atoms with Crippen LogP contribution in [-0.2, 0) is 11.2 Å². The van der Waals surface area contributed by atoms with E-state index in [0.29, 0.717) is 5.92 Å². The fourth-order valence-corrected chi connectivity index (χ4v) is 2.12. The summed E-state index contributed by atoms with van der Waals surface area (Å²) in [5.74, 6) is 1.11. The van der Waals surface area contributed by atoms with Gasteiger partial charge in [-0.1, -0.05) is 37.3 Å². The predicted molar refractivity (Wildman–Crippen MR) is 69.7 cm³/mol. The molecule has 17 heavy (non-hydrogen) atoms. The molecule has 1 atom stereocenters. The summed E-state index contributed by atoms with van der Waals surface area (Å²) in [6.07, 6.45) is 4.53. The molecule has 1 aromatic carbocycles. The normalized spacial score (nSPS) is 16.5. The van der Waals surface area contributed by atoms with Gasteiger partial charge in [0.2, 0.25) is 5.91 Å². The lowest BCUT2D eigenvalue weighted by atomic mass is 10.1. The van der Waals surface area contributed by atoms with Crippen molar-refractivity contribution in [3.05, 3.63) is 35.9 Å². The fourth-order valence-electron chi connectivity index (χ4n) is 2.12. The van der Waals surface area contributed by atoms with Crippen LogP contribution in [0.3, 0.4) is 0 Å². The van der Waals surface area contributed by atoms with Crippen LogP contribution in [0.25, 0.3) is 0 Å². The van der Waals surface area contributed by atoms with Crippen LogP contribution in [0.1, 0.15) is 31.7 Å². The van der Waals surface area contributed by atoms with Gasteiger partial charge >= 0.3 is 0 Å². The van der Waals surface area contributed by atoms with Gasteiger partial charge < -0.3 is 5.32 Å². The van der Waals surface area contributed by atoms with E-state index in [1.165, 1.54) is 18.4 Å². The van der Waals surface area contributed by atoms with Gasteiger partial charge in [-0.3, -0.25) is 4.79 Å². The Bertz CT molecular complexity index is 356. The Morgan fingerprint density at radius 3 is 2.71 bits per heavy atom. The Kier molecular flexibility index (Phi) is 4.18. The van der Waals surface area contributed by atoms with Gasteiger partial charge in [-0.2, -0.15) is 0 Å². The van der Waals surface area contributed by atoms with Crippen molar-refractivity contribution in [2.24, 2.45) is 11.8 Å². The molecule has 0 aliphatic heterocycles. The van der Waals surface area contributed by atoms with Crippen LogP contribution in [0.2, 0.25) is 0 Å². The number of benzene rings is 1. The molecule has 0 heterocycles. The van der Waals surface area contributed by atoms with E-state index in [9.17, 15) is 4.79 Å². The van der Waals surface area contributed by atoms with E-state index in [0.717, 1.165) is 19.4 Å². The van der Waals surface area contributed by atoms with E-state index in [2.05, 4.69) is 29.6 Å². The van der Waals surface area contributed by atoms with Gasteiger partial charge in [0.05, 0.1) is 0 Å². The zero-order valence-corrected chi connectivity index (χ0v) is 10.5. The Morgan fingerprint density at radius 2 is 2.06 bits per heavy atom. The number of aryl methyl sites for hydroxylation is 1. The third-order valence-electron chi connectivity index (χ3n) is 3.53. The molecule has 2 rings (SSSR count). The first-order valence-electron chi connectivity index (χ1n) is 6.59. The third kappa shape index (κ3) is 3.88. The molecular weight excluding hydrogens is 210 g/mol. The van der Waals surface area contributed by atoms with Gasteiger partial charge in [0.25, 0.3) is 0 Å². The highest BCUT2D eigenvalue weighted by Crippen LogP contribution is 2.36. The van der Waals surface area contributed by atoms with Crippen molar-refractivity contribution >= 4 is 5.91 Å². The summed E-state index contributed by atoms with van der Waals surface area (Å²) in [5, 5.41) is 3.04. The summed E-state index contributed by atoms with van der Waals surface area (Å²) >= 11 is 0. The minimum absolute atomic E-state index is 0.215. The largest absolute Gasteiger partial charge is 0.356 e. The maximum Gasteiger partial charge on any atom is 0.223 e. The van der Waals surface area contributed by atoms with Gasteiger partial charge in [0.1, 0.15) is 0 Å². The minimum Gasteiger partial charge on any atom is -0.356 e. The first-order valence-corrected chi connectivity index (χ1v) is 6.59. The molecule has 1 saturated carbocycles. The molecule has 1 amide bonds. The van der Waals surface area contributed by atoms with Crippen LogP contribution in [0.4, 0.5) is 0 Å². The number of amides is 1. The van der Waals surface area contributed by atoms with E-state index < -0.39 is 0 Å². The first kappa shape index (κ1) is 12.2. The molecule has 0 saturated heterocycles. The molecule has 2 nitrogen and oxygen atoms in total. The van der Waals surface area contributed by atoms with E-state index in [-0.39, 0.29) is 11.8 Å².